The molecule has 0 saturated heterocycles. The molecular weight excluding hydrogens is 280 g/mol. The van der Waals surface area contributed by atoms with Gasteiger partial charge in [-0.1, -0.05) is 10.9 Å². The molecule has 0 radical (unpaired) electrons. The molecule has 0 fully saturated rings. The minimum Gasteiger partial charge on any atom is -0.350 e. The van der Waals surface area contributed by atoms with E-state index in [1.807, 2.05) is 42.7 Å². The van der Waals surface area contributed by atoms with Gasteiger partial charge < -0.3 is 9.40 Å². The Bertz CT molecular complexity index is 885. The molecule has 108 valence electrons. The lowest BCUT2D eigenvalue weighted by Crippen LogP contribution is -2.09. The summed E-state index contributed by atoms with van der Waals surface area (Å²) < 4.78 is 2.09. The molecule has 0 aliphatic heterocycles. The summed E-state index contributed by atoms with van der Waals surface area (Å²) in [6.07, 6.45) is 7.26. The SMILES string of the molecule is c1cnc(On2nnc3ccc(Cn4cccc4)cc32)nc1. The van der Waals surface area contributed by atoms with Gasteiger partial charge in [-0.25, -0.2) is 9.97 Å². The highest BCUT2D eigenvalue weighted by molar-refractivity contribution is 5.74. The normalized spacial score (nSPS) is 10.9. The van der Waals surface area contributed by atoms with Crippen LogP contribution in [0.1, 0.15) is 5.56 Å². The second kappa shape index (κ2) is 5.28. The standard InChI is InChI=1S/C15H12N6O/c1-2-9-20(8-1)11-12-4-5-13-14(10-12)21(19-18-13)22-15-16-6-3-7-17-15/h1-10H,11H2. The summed E-state index contributed by atoms with van der Waals surface area (Å²) in [5.74, 6) is 0. The molecule has 0 bridgehead atoms. The van der Waals surface area contributed by atoms with Crippen molar-refractivity contribution in [3.8, 4) is 6.01 Å². The third-order valence-corrected chi connectivity index (χ3v) is 3.22. The fourth-order valence-corrected chi connectivity index (χ4v) is 2.21. The molecule has 4 aromatic rings. The lowest BCUT2D eigenvalue weighted by molar-refractivity contribution is 0.166. The zero-order valence-electron chi connectivity index (χ0n) is 11.6. The molecule has 0 spiro atoms. The first-order valence-corrected chi connectivity index (χ1v) is 6.79. The molecule has 4 rings (SSSR count). The average Bonchev–Trinajstić information content (AvgIpc) is 3.19. The first kappa shape index (κ1) is 12.5. The van der Waals surface area contributed by atoms with Gasteiger partial charge >= 0.3 is 6.01 Å². The van der Waals surface area contributed by atoms with Crippen LogP contribution in [0.5, 0.6) is 6.01 Å². The van der Waals surface area contributed by atoms with Crippen LogP contribution in [0.3, 0.4) is 0 Å². The van der Waals surface area contributed by atoms with E-state index in [4.69, 9.17) is 4.84 Å². The van der Waals surface area contributed by atoms with Crippen LogP contribution >= 0.6 is 0 Å². The van der Waals surface area contributed by atoms with Gasteiger partial charge in [-0.2, -0.15) is 0 Å². The van der Waals surface area contributed by atoms with E-state index in [1.54, 1.807) is 18.5 Å². The summed E-state index contributed by atoms with van der Waals surface area (Å²) >= 11 is 0. The van der Waals surface area contributed by atoms with E-state index in [0.29, 0.717) is 0 Å². The maximum Gasteiger partial charge on any atom is 0.345 e. The fraction of sp³-hybridized carbons (Fsp3) is 0.0667. The predicted octanol–water partition coefficient (Wildman–Crippen LogP) is 1.91. The molecule has 0 N–H and O–H groups in total. The van der Waals surface area contributed by atoms with Gasteiger partial charge in [0.05, 0.1) is 0 Å². The van der Waals surface area contributed by atoms with Crippen molar-refractivity contribution in [1.82, 2.24) is 29.7 Å². The first-order chi connectivity index (χ1) is 10.9. The zero-order chi connectivity index (χ0) is 14.8. The van der Waals surface area contributed by atoms with Crippen molar-refractivity contribution in [2.75, 3.05) is 0 Å². The van der Waals surface area contributed by atoms with Crippen molar-refractivity contribution in [2.45, 2.75) is 6.54 Å². The maximum atomic E-state index is 5.54. The van der Waals surface area contributed by atoms with E-state index >= 15 is 0 Å². The van der Waals surface area contributed by atoms with E-state index in [0.717, 1.165) is 23.1 Å². The molecule has 0 amide bonds. The monoisotopic (exact) mass is 292 g/mol. The van der Waals surface area contributed by atoms with Gasteiger partial charge in [-0.3, -0.25) is 0 Å². The molecule has 0 atom stereocenters. The highest BCUT2D eigenvalue weighted by Crippen LogP contribution is 2.15. The minimum atomic E-state index is 0.227. The fourth-order valence-electron chi connectivity index (χ4n) is 2.21. The number of rotatable bonds is 4. The van der Waals surface area contributed by atoms with Crippen LogP contribution < -0.4 is 4.84 Å². The summed E-state index contributed by atoms with van der Waals surface area (Å²) in [4.78, 5) is 14.9. The van der Waals surface area contributed by atoms with Crippen molar-refractivity contribution in [3.63, 3.8) is 0 Å². The Morgan fingerprint density at radius 2 is 1.82 bits per heavy atom. The molecule has 0 unspecified atom stereocenters. The lowest BCUT2D eigenvalue weighted by atomic mass is 10.2. The maximum absolute atomic E-state index is 5.54. The predicted molar refractivity (Wildman–Crippen MR) is 79.1 cm³/mol. The van der Waals surface area contributed by atoms with Gasteiger partial charge in [-0.05, 0) is 41.1 Å². The Hall–Kier alpha value is -3.22. The van der Waals surface area contributed by atoms with Gasteiger partial charge in [-0.15, -0.1) is 5.10 Å². The highest BCUT2D eigenvalue weighted by atomic mass is 16.7. The number of aromatic nitrogens is 6. The van der Waals surface area contributed by atoms with Gasteiger partial charge in [0.25, 0.3) is 0 Å². The van der Waals surface area contributed by atoms with E-state index in [-0.39, 0.29) is 6.01 Å². The van der Waals surface area contributed by atoms with Gasteiger partial charge in [0, 0.05) is 31.3 Å². The molecule has 0 aliphatic rings. The van der Waals surface area contributed by atoms with Crippen LogP contribution in [0, 0.1) is 0 Å². The van der Waals surface area contributed by atoms with Crippen LogP contribution in [0.4, 0.5) is 0 Å². The Kier molecular flexibility index (Phi) is 3.01. The van der Waals surface area contributed by atoms with Crippen molar-refractivity contribution in [3.05, 3.63) is 66.7 Å². The van der Waals surface area contributed by atoms with E-state index in [2.05, 4.69) is 24.8 Å². The number of nitrogens with zero attached hydrogens (tertiary/aromatic N) is 6. The van der Waals surface area contributed by atoms with Gasteiger partial charge in [0.15, 0.2) is 0 Å². The molecule has 3 heterocycles. The van der Waals surface area contributed by atoms with Crippen LogP contribution in [-0.2, 0) is 6.54 Å². The second-order valence-electron chi connectivity index (χ2n) is 4.76. The first-order valence-electron chi connectivity index (χ1n) is 6.79. The van der Waals surface area contributed by atoms with Crippen LogP contribution in [0.25, 0.3) is 11.0 Å². The Morgan fingerprint density at radius 1 is 1.00 bits per heavy atom. The third-order valence-electron chi connectivity index (χ3n) is 3.22. The summed E-state index contributed by atoms with van der Waals surface area (Å²) in [6.45, 7) is 0.774. The zero-order valence-corrected chi connectivity index (χ0v) is 11.6. The van der Waals surface area contributed by atoms with E-state index in [1.165, 1.54) is 4.85 Å². The van der Waals surface area contributed by atoms with Gasteiger partial charge in [0.1, 0.15) is 11.0 Å². The van der Waals surface area contributed by atoms with Crippen molar-refractivity contribution in [2.24, 2.45) is 0 Å². The van der Waals surface area contributed by atoms with Gasteiger partial charge in [0.2, 0.25) is 0 Å². The van der Waals surface area contributed by atoms with Crippen LogP contribution in [-0.4, -0.2) is 29.7 Å². The minimum absolute atomic E-state index is 0.227. The Balaban J connectivity index is 1.67. The average molecular weight is 292 g/mol. The Morgan fingerprint density at radius 3 is 2.64 bits per heavy atom. The van der Waals surface area contributed by atoms with Crippen molar-refractivity contribution in [1.29, 1.82) is 0 Å². The number of hydrogen-bond donors (Lipinski definition) is 0. The summed E-state index contributed by atoms with van der Waals surface area (Å²) in [6, 6.07) is 11.9. The molecule has 1 aromatic carbocycles. The molecule has 0 aliphatic carbocycles. The van der Waals surface area contributed by atoms with Crippen LogP contribution in [0.15, 0.2) is 61.2 Å². The molecule has 7 nitrogen and oxygen atoms in total. The smallest absolute Gasteiger partial charge is 0.345 e. The Labute approximate surface area is 125 Å². The van der Waals surface area contributed by atoms with Crippen LogP contribution in [0.2, 0.25) is 0 Å². The molecule has 3 aromatic heterocycles. The topological polar surface area (TPSA) is 70.7 Å². The summed E-state index contributed by atoms with van der Waals surface area (Å²) in [5, 5.41) is 8.06. The number of hydrogen-bond acceptors (Lipinski definition) is 5. The highest BCUT2D eigenvalue weighted by Gasteiger charge is 2.08. The molecule has 7 heteroatoms. The summed E-state index contributed by atoms with van der Waals surface area (Å²) in [7, 11) is 0. The van der Waals surface area contributed by atoms with Crippen molar-refractivity contribution >= 4 is 11.0 Å². The molecular formula is C15H12N6O. The summed E-state index contributed by atoms with van der Waals surface area (Å²) in [5.41, 5.74) is 2.66. The number of fused-ring (bicyclic) bond motifs is 1. The molecule has 22 heavy (non-hydrogen) atoms. The van der Waals surface area contributed by atoms with E-state index < -0.39 is 0 Å². The largest absolute Gasteiger partial charge is 0.350 e. The van der Waals surface area contributed by atoms with E-state index in [9.17, 15) is 0 Å². The number of benzene rings is 1. The lowest BCUT2D eigenvalue weighted by Gasteiger charge is -2.05. The second-order valence-corrected chi connectivity index (χ2v) is 4.76. The quantitative estimate of drug-likeness (QED) is 0.574. The van der Waals surface area contributed by atoms with Crippen molar-refractivity contribution < 1.29 is 4.84 Å². The third kappa shape index (κ3) is 2.39. The molecule has 0 saturated carbocycles.